The van der Waals surface area contributed by atoms with Gasteiger partial charge >= 0.3 is 0 Å². The Morgan fingerprint density at radius 1 is 0.579 bits per heavy atom. The largest absolute Gasteiger partial charge is 0.0625 e. The maximum atomic E-state index is 4.03. The molecule has 0 spiro atoms. The van der Waals surface area contributed by atoms with E-state index in [-0.39, 0.29) is 0 Å². The van der Waals surface area contributed by atoms with Crippen molar-refractivity contribution in [2.24, 2.45) is 5.92 Å². The third kappa shape index (κ3) is 18.0. The summed E-state index contributed by atoms with van der Waals surface area (Å²) in [6.07, 6.45) is 21.0. The lowest BCUT2D eigenvalue weighted by Crippen LogP contribution is -1.87. The Morgan fingerprint density at radius 3 is 1.21 bits per heavy atom. The van der Waals surface area contributed by atoms with Crippen LogP contribution in [-0.4, -0.2) is 0 Å². The fourth-order valence-electron chi connectivity index (χ4n) is 2.61. The molecule has 1 atom stereocenters. The van der Waals surface area contributed by atoms with Crippen LogP contribution in [-0.2, 0) is 0 Å². The Hall–Kier alpha value is 0. The molecule has 0 heteroatoms. The van der Waals surface area contributed by atoms with E-state index in [0.29, 0.717) is 5.92 Å². The van der Waals surface area contributed by atoms with E-state index < -0.39 is 0 Å². The minimum atomic E-state index is 0.647. The van der Waals surface area contributed by atoms with E-state index in [4.69, 9.17) is 0 Å². The van der Waals surface area contributed by atoms with Crippen LogP contribution in [0.25, 0.3) is 0 Å². The van der Waals surface area contributed by atoms with Gasteiger partial charge in [0.2, 0.25) is 0 Å². The minimum absolute atomic E-state index is 0.647. The van der Waals surface area contributed by atoms with Crippen molar-refractivity contribution in [3.05, 3.63) is 13.8 Å². The molecule has 0 aromatic heterocycles. The predicted molar refractivity (Wildman–Crippen MR) is 89.1 cm³/mol. The number of unbranched alkanes of at least 4 members (excludes halogenated alkanes) is 13. The molecule has 0 rings (SSSR count). The first kappa shape index (κ1) is 19.0. The fraction of sp³-hybridized carbons (Fsp3) is 0.895. The molecule has 0 bridgehead atoms. The van der Waals surface area contributed by atoms with Crippen LogP contribution in [0.5, 0.6) is 0 Å². The van der Waals surface area contributed by atoms with Gasteiger partial charge in [-0.25, -0.2) is 0 Å². The van der Waals surface area contributed by atoms with Crippen molar-refractivity contribution in [1.82, 2.24) is 0 Å². The van der Waals surface area contributed by atoms with Crippen molar-refractivity contribution < 1.29 is 0 Å². The van der Waals surface area contributed by atoms with Crippen LogP contribution < -0.4 is 0 Å². The van der Waals surface area contributed by atoms with E-state index in [0.717, 1.165) is 6.42 Å². The normalized spacial score (nSPS) is 11.4. The van der Waals surface area contributed by atoms with Crippen LogP contribution in [0.4, 0.5) is 0 Å². The third-order valence-corrected chi connectivity index (χ3v) is 3.95. The van der Waals surface area contributed by atoms with Gasteiger partial charge in [-0.05, 0) is 5.92 Å². The summed E-state index contributed by atoms with van der Waals surface area (Å²) in [7, 11) is 0. The summed E-state index contributed by atoms with van der Waals surface area (Å²) >= 11 is 0. The molecule has 0 nitrogen and oxygen atoms in total. The number of hydrogen-bond acceptors (Lipinski definition) is 0. The Morgan fingerprint density at radius 2 is 0.895 bits per heavy atom. The van der Waals surface area contributed by atoms with E-state index in [2.05, 4.69) is 20.8 Å². The second-order valence-electron chi connectivity index (χ2n) is 6.34. The van der Waals surface area contributed by atoms with Crippen molar-refractivity contribution in [2.75, 3.05) is 0 Å². The smallest absolute Gasteiger partial charge is 0.0443 e. The molecule has 0 aliphatic rings. The summed E-state index contributed by atoms with van der Waals surface area (Å²) in [6, 6.07) is 0. The number of hydrogen-bond donors (Lipinski definition) is 0. The van der Waals surface area contributed by atoms with Crippen LogP contribution in [0.3, 0.4) is 0 Å². The second-order valence-corrected chi connectivity index (χ2v) is 6.34. The van der Waals surface area contributed by atoms with Crippen LogP contribution >= 0.6 is 0 Å². The molecule has 0 saturated heterocycles. The summed E-state index contributed by atoms with van der Waals surface area (Å²) in [5, 5.41) is 0. The molecule has 19 heavy (non-hydrogen) atoms. The first-order chi connectivity index (χ1) is 9.27. The predicted octanol–water partition coefficient (Wildman–Crippen LogP) is 7.14. The first-order valence-electron chi connectivity index (χ1n) is 8.89. The van der Waals surface area contributed by atoms with Gasteiger partial charge in [0.15, 0.2) is 0 Å². The van der Waals surface area contributed by atoms with Crippen molar-refractivity contribution in [3.8, 4) is 0 Å². The average Bonchev–Trinajstić information content (AvgIpc) is 2.39. The quantitative estimate of drug-likeness (QED) is 0.276. The Bertz CT molecular complexity index is 148. The van der Waals surface area contributed by atoms with E-state index in [1.807, 2.05) is 0 Å². The summed E-state index contributed by atoms with van der Waals surface area (Å²) in [5.41, 5.74) is 0. The summed E-state index contributed by atoms with van der Waals surface area (Å²) in [6.45, 7) is 10.1. The molecule has 0 aromatic rings. The SMILES string of the molecule is [CH2]CCCCCCCCCCCCCCCC([CH2])C. The number of rotatable bonds is 15. The first-order valence-corrected chi connectivity index (χ1v) is 8.89. The van der Waals surface area contributed by atoms with Gasteiger partial charge in [0.05, 0.1) is 0 Å². The zero-order chi connectivity index (χ0) is 14.2. The average molecular weight is 267 g/mol. The highest BCUT2D eigenvalue weighted by molar-refractivity contribution is 4.55. The van der Waals surface area contributed by atoms with Crippen LogP contribution in [0.15, 0.2) is 0 Å². The highest BCUT2D eigenvalue weighted by Crippen LogP contribution is 2.14. The van der Waals surface area contributed by atoms with Crippen molar-refractivity contribution >= 4 is 0 Å². The van der Waals surface area contributed by atoms with Gasteiger partial charge in [0.1, 0.15) is 0 Å². The molecule has 0 fully saturated rings. The molecular weight excluding hydrogens is 228 g/mol. The highest BCUT2D eigenvalue weighted by Gasteiger charge is 1.95. The molecule has 0 aromatic carbocycles. The molecule has 0 heterocycles. The van der Waals surface area contributed by atoms with Crippen LogP contribution in [0.1, 0.15) is 103 Å². The lowest BCUT2D eigenvalue weighted by atomic mass is 10.0. The summed E-state index contributed by atoms with van der Waals surface area (Å²) < 4.78 is 0. The fourth-order valence-corrected chi connectivity index (χ4v) is 2.61. The molecule has 0 aliphatic heterocycles. The molecule has 114 valence electrons. The maximum Gasteiger partial charge on any atom is -0.0443 e. The van der Waals surface area contributed by atoms with E-state index >= 15 is 0 Å². The second kappa shape index (κ2) is 16.1. The molecule has 0 saturated carbocycles. The standard InChI is InChI=1S/C19H38/c1-4-5-6-7-8-9-10-11-12-13-14-15-16-17-18-19(2)3/h19H,1-2,4-18H2,3H3. The van der Waals surface area contributed by atoms with Gasteiger partial charge in [-0.2, -0.15) is 0 Å². The van der Waals surface area contributed by atoms with E-state index in [1.165, 1.54) is 89.9 Å². The zero-order valence-corrected chi connectivity index (χ0v) is 13.6. The van der Waals surface area contributed by atoms with Crippen molar-refractivity contribution in [2.45, 2.75) is 103 Å². The monoisotopic (exact) mass is 266 g/mol. The van der Waals surface area contributed by atoms with Gasteiger partial charge < -0.3 is 0 Å². The van der Waals surface area contributed by atoms with Gasteiger partial charge in [-0.15, -0.1) is 0 Å². The minimum Gasteiger partial charge on any atom is -0.0625 e. The topological polar surface area (TPSA) is 0 Å². The zero-order valence-electron chi connectivity index (χ0n) is 13.6. The van der Waals surface area contributed by atoms with Gasteiger partial charge in [-0.1, -0.05) is 117 Å². The van der Waals surface area contributed by atoms with Gasteiger partial charge in [0, 0.05) is 0 Å². The lowest BCUT2D eigenvalue weighted by Gasteiger charge is -2.04. The van der Waals surface area contributed by atoms with Crippen LogP contribution in [0.2, 0.25) is 0 Å². The van der Waals surface area contributed by atoms with Gasteiger partial charge in [0.25, 0.3) is 0 Å². The molecule has 0 aliphatic carbocycles. The molecule has 0 amide bonds. The molecule has 1 unspecified atom stereocenters. The van der Waals surface area contributed by atoms with Crippen molar-refractivity contribution in [3.63, 3.8) is 0 Å². The summed E-state index contributed by atoms with van der Waals surface area (Å²) in [4.78, 5) is 0. The van der Waals surface area contributed by atoms with E-state index in [1.54, 1.807) is 0 Å². The highest BCUT2D eigenvalue weighted by atomic mass is 14.0. The summed E-state index contributed by atoms with van der Waals surface area (Å²) in [5.74, 6) is 0.647. The Balaban J connectivity index is 2.91. The molecule has 2 radical (unpaired) electrons. The Kier molecular flexibility index (Phi) is 16.1. The van der Waals surface area contributed by atoms with Gasteiger partial charge in [-0.3, -0.25) is 0 Å². The third-order valence-electron chi connectivity index (χ3n) is 3.95. The lowest BCUT2D eigenvalue weighted by molar-refractivity contribution is 0.518. The van der Waals surface area contributed by atoms with Crippen LogP contribution in [0, 0.1) is 19.8 Å². The van der Waals surface area contributed by atoms with Crippen molar-refractivity contribution in [1.29, 1.82) is 0 Å². The molecular formula is C19H38. The molecule has 0 N–H and O–H groups in total. The maximum absolute atomic E-state index is 4.03. The Labute approximate surface area is 123 Å². The van der Waals surface area contributed by atoms with E-state index in [9.17, 15) is 0 Å².